The fourth-order valence-electron chi connectivity index (χ4n) is 1.83. The van der Waals surface area contributed by atoms with Crippen molar-refractivity contribution in [2.45, 2.75) is 6.92 Å². The molecule has 23 heavy (non-hydrogen) atoms. The summed E-state index contributed by atoms with van der Waals surface area (Å²) in [6, 6.07) is 7.06. The number of hydrogen-bond donors (Lipinski definition) is 1. The maximum absolute atomic E-state index is 11.9. The quantitative estimate of drug-likeness (QED) is 0.439. The van der Waals surface area contributed by atoms with Gasteiger partial charge in [0.2, 0.25) is 0 Å². The molecule has 0 unspecified atom stereocenters. The third-order valence-corrected chi connectivity index (χ3v) is 3.65. The second kappa shape index (κ2) is 8.47. The number of pyridine rings is 1. The van der Waals surface area contributed by atoms with E-state index in [0.29, 0.717) is 23.7 Å². The van der Waals surface area contributed by atoms with Crippen molar-refractivity contribution in [3.8, 4) is 11.5 Å². The Labute approximate surface area is 148 Å². The Kier molecular flexibility index (Phi) is 6.33. The molecule has 0 spiro atoms. The Bertz CT molecular complexity index is 705. The van der Waals surface area contributed by atoms with Crippen LogP contribution in [0, 0.1) is 3.57 Å². The maximum Gasteiger partial charge on any atom is 0.272 e. The minimum absolute atomic E-state index is 0.318. The van der Waals surface area contributed by atoms with Gasteiger partial charge in [0.25, 0.3) is 5.91 Å². The minimum atomic E-state index is -0.318. The predicted molar refractivity (Wildman–Crippen MR) is 96.2 cm³/mol. The van der Waals surface area contributed by atoms with Crippen molar-refractivity contribution >= 4 is 34.7 Å². The van der Waals surface area contributed by atoms with Crippen LogP contribution in [0.2, 0.25) is 0 Å². The number of benzene rings is 1. The van der Waals surface area contributed by atoms with Crippen molar-refractivity contribution in [1.82, 2.24) is 10.4 Å². The van der Waals surface area contributed by atoms with Crippen LogP contribution in [0.1, 0.15) is 22.8 Å². The number of aromatic nitrogens is 1. The van der Waals surface area contributed by atoms with E-state index in [2.05, 4.69) is 38.1 Å². The number of hydrazone groups is 1. The van der Waals surface area contributed by atoms with Crippen LogP contribution < -0.4 is 14.9 Å². The number of amides is 1. The smallest absolute Gasteiger partial charge is 0.272 e. The molecule has 1 heterocycles. The molecule has 1 amide bonds. The van der Waals surface area contributed by atoms with Crippen LogP contribution in [-0.4, -0.2) is 30.8 Å². The second-order valence-electron chi connectivity index (χ2n) is 4.41. The summed E-state index contributed by atoms with van der Waals surface area (Å²) in [6.07, 6.45) is 4.64. The highest BCUT2D eigenvalue weighted by Gasteiger charge is 2.10. The summed E-state index contributed by atoms with van der Waals surface area (Å²) in [6.45, 7) is 2.47. The first-order valence-electron chi connectivity index (χ1n) is 6.89. The number of nitrogens with zero attached hydrogens (tertiary/aromatic N) is 2. The number of carbonyl (C=O) groups is 1. The van der Waals surface area contributed by atoms with Crippen molar-refractivity contribution in [2.24, 2.45) is 5.10 Å². The summed E-state index contributed by atoms with van der Waals surface area (Å²) in [7, 11) is 1.58. The monoisotopic (exact) mass is 425 g/mol. The summed E-state index contributed by atoms with van der Waals surface area (Å²) in [5, 5.41) is 3.96. The van der Waals surface area contributed by atoms with E-state index in [1.807, 2.05) is 13.0 Å². The lowest BCUT2D eigenvalue weighted by Crippen LogP contribution is -2.17. The van der Waals surface area contributed by atoms with Crippen molar-refractivity contribution in [3.63, 3.8) is 0 Å². The molecule has 6 nitrogen and oxygen atoms in total. The van der Waals surface area contributed by atoms with Gasteiger partial charge < -0.3 is 9.47 Å². The van der Waals surface area contributed by atoms with Gasteiger partial charge >= 0.3 is 0 Å². The van der Waals surface area contributed by atoms with E-state index in [-0.39, 0.29) is 5.91 Å². The molecule has 0 aliphatic heterocycles. The zero-order valence-electron chi connectivity index (χ0n) is 12.7. The fourth-order valence-corrected chi connectivity index (χ4v) is 2.61. The van der Waals surface area contributed by atoms with Crippen LogP contribution >= 0.6 is 22.6 Å². The lowest BCUT2D eigenvalue weighted by atomic mass is 10.2. The van der Waals surface area contributed by atoms with Gasteiger partial charge in [0.1, 0.15) is 0 Å². The highest BCUT2D eigenvalue weighted by molar-refractivity contribution is 14.1. The Balaban J connectivity index is 2.11. The molecule has 0 aliphatic carbocycles. The molecule has 1 N–H and O–H groups in total. The average molecular weight is 425 g/mol. The largest absolute Gasteiger partial charge is 0.493 e. The average Bonchev–Trinajstić information content (AvgIpc) is 2.57. The number of halogens is 1. The lowest BCUT2D eigenvalue weighted by Gasteiger charge is -2.12. The molecule has 7 heteroatoms. The number of nitrogens with one attached hydrogen (secondary N) is 1. The molecule has 2 rings (SSSR count). The molecule has 120 valence electrons. The number of carbonyl (C=O) groups excluding carboxylic acids is 1. The van der Waals surface area contributed by atoms with Crippen molar-refractivity contribution < 1.29 is 14.3 Å². The van der Waals surface area contributed by atoms with Gasteiger partial charge in [0.15, 0.2) is 11.5 Å². The first-order chi connectivity index (χ1) is 11.2. The third kappa shape index (κ3) is 4.65. The van der Waals surface area contributed by atoms with Crippen LogP contribution in [0.15, 0.2) is 41.8 Å². The fraction of sp³-hybridized carbons (Fsp3) is 0.188. The molecule has 0 saturated carbocycles. The van der Waals surface area contributed by atoms with Crippen molar-refractivity contribution in [2.75, 3.05) is 13.7 Å². The molecule has 0 radical (unpaired) electrons. The summed E-state index contributed by atoms with van der Waals surface area (Å²) >= 11 is 2.17. The number of rotatable bonds is 6. The highest BCUT2D eigenvalue weighted by Crippen LogP contribution is 2.33. The molecule has 0 atom stereocenters. The van der Waals surface area contributed by atoms with Crippen LogP contribution in [0.5, 0.6) is 11.5 Å². The molecule has 2 aromatic rings. The Morgan fingerprint density at radius 2 is 2.30 bits per heavy atom. The lowest BCUT2D eigenvalue weighted by molar-refractivity contribution is 0.0955. The van der Waals surface area contributed by atoms with Crippen molar-refractivity contribution in [1.29, 1.82) is 0 Å². The number of ether oxygens (including phenoxy) is 2. The van der Waals surface area contributed by atoms with E-state index in [1.165, 1.54) is 6.20 Å². The molecule has 1 aromatic heterocycles. The Morgan fingerprint density at radius 3 is 2.96 bits per heavy atom. The maximum atomic E-state index is 11.9. The Morgan fingerprint density at radius 1 is 1.48 bits per heavy atom. The molecular formula is C16H16IN3O3. The summed E-state index contributed by atoms with van der Waals surface area (Å²) in [5.41, 5.74) is 3.70. The highest BCUT2D eigenvalue weighted by atomic mass is 127. The van der Waals surface area contributed by atoms with Crippen LogP contribution in [-0.2, 0) is 0 Å². The zero-order valence-corrected chi connectivity index (χ0v) is 14.9. The van der Waals surface area contributed by atoms with E-state index in [4.69, 9.17) is 9.47 Å². The molecular weight excluding hydrogens is 409 g/mol. The van der Waals surface area contributed by atoms with Crippen LogP contribution in [0.3, 0.4) is 0 Å². The summed E-state index contributed by atoms with van der Waals surface area (Å²) in [5.74, 6) is 1.01. The zero-order chi connectivity index (χ0) is 16.7. The van der Waals surface area contributed by atoms with E-state index in [0.717, 1.165) is 9.13 Å². The van der Waals surface area contributed by atoms with E-state index < -0.39 is 0 Å². The number of hydrogen-bond acceptors (Lipinski definition) is 5. The molecule has 0 aliphatic rings. The van der Waals surface area contributed by atoms with E-state index in [9.17, 15) is 4.79 Å². The summed E-state index contributed by atoms with van der Waals surface area (Å²) in [4.78, 5) is 15.7. The summed E-state index contributed by atoms with van der Waals surface area (Å²) < 4.78 is 11.8. The van der Waals surface area contributed by atoms with E-state index in [1.54, 1.807) is 37.7 Å². The van der Waals surface area contributed by atoms with E-state index >= 15 is 0 Å². The Hall–Kier alpha value is -2.16. The minimum Gasteiger partial charge on any atom is -0.493 e. The van der Waals surface area contributed by atoms with Gasteiger partial charge in [-0.05, 0) is 59.3 Å². The first-order valence-corrected chi connectivity index (χ1v) is 7.97. The molecule has 0 saturated heterocycles. The first kappa shape index (κ1) is 17.2. The molecule has 1 aromatic carbocycles. The number of methoxy groups -OCH3 is 1. The topological polar surface area (TPSA) is 72.8 Å². The van der Waals surface area contributed by atoms with Gasteiger partial charge in [-0.3, -0.25) is 9.78 Å². The van der Waals surface area contributed by atoms with Gasteiger partial charge in [0.05, 0.1) is 29.1 Å². The van der Waals surface area contributed by atoms with Crippen LogP contribution in [0.4, 0.5) is 0 Å². The second-order valence-corrected chi connectivity index (χ2v) is 5.57. The molecule has 0 fully saturated rings. The SMILES string of the molecule is CCOc1c(I)cc(/C=N/NC(=O)c2cccnc2)cc1OC. The standard InChI is InChI=1S/C16H16IN3O3/c1-3-23-15-13(17)7-11(8-14(15)22-2)9-19-20-16(21)12-5-4-6-18-10-12/h4-10H,3H2,1-2H3,(H,20,21)/b19-9+. The normalized spacial score (nSPS) is 10.6. The third-order valence-electron chi connectivity index (χ3n) is 2.84. The van der Waals surface area contributed by atoms with Gasteiger partial charge in [0, 0.05) is 12.4 Å². The van der Waals surface area contributed by atoms with Gasteiger partial charge in [-0.2, -0.15) is 5.10 Å². The predicted octanol–water partition coefficient (Wildman–Crippen LogP) is 2.86. The van der Waals surface area contributed by atoms with Gasteiger partial charge in [-0.1, -0.05) is 0 Å². The van der Waals surface area contributed by atoms with Gasteiger partial charge in [-0.25, -0.2) is 5.43 Å². The van der Waals surface area contributed by atoms with Gasteiger partial charge in [-0.15, -0.1) is 0 Å². The molecule has 0 bridgehead atoms. The van der Waals surface area contributed by atoms with Crippen LogP contribution in [0.25, 0.3) is 0 Å². The van der Waals surface area contributed by atoms with Crippen molar-refractivity contribution in [3.05, 3.63) is 51.4 Å².